The highest BCUT2D eigenvalue weighted by molar-refractivity contribution is 5.86. The number of nitrogens with zero attached hydrogens (tertiary/aromatic N) is 1. The van der Waals surface area contributed by atoms with Gasteiger partial charge >= 0.3 is 0 Å². The van der Waals surface area contributed by atoms with Crippen molar-refractivity contribution in [2.45, 2.75) is 31.4 Å². The monoisotopic (exact) mass is 345 g/mol. The smallest absolute Gasteiger partial charge is 0.251 e. The first-order valence-electron chi connectivity index (χ1n) is 8.66. The Kier molecular flexibility index (Phi) is 5.65. The summed E-state index contributed by atoms with van der Waals surface area (Å²) in [6.45, 7) is 1.73. The molecule has 0 unspecified atom stereocenters. The molecule has 2 heterocycles. The third kappa shape index (κ3) is 4.36. The van der Waals surface area contributed by atoms with Gasteiger partial charge in [-0.25, -0.2) is 0 Å². The minimum Gasteiger partial charge on any atom is -0.356 e. The van der Waals surface area contributed by atoms with Gasteiger partial charge in [0.05, 0.1) is 6.04 Å². The van der Waals surface area contributed by atoms with Crippen molar-refractivity contribution in [1.82, 2.24) is 15.5 Å². The predicted molar refractivity (Wildman–Crippen MR) is 90.5 cm³/mol. The van der Waals surface area contributed by atoms with E-state index in [4.69, 9.17) is 4.74 Å². The number of hydrogen-bond acceptors (Lipinski definition) is 4. The van der Waals surface area contributed by atoms with Gasteiger partial charge in [-0.2, -0.15) is 0 Å². The van der Waals surface area contributed by atoms with E-state index in [0.717, 1.165) is 31.5 Å². The quantitative estimate of drug-likeness (QED) is 0.807. The second-order valence-corrected chi connectivity index (χ2v) is 6.32. The van der Waals surface area contributed by atoms with Crippen LogP contribution in [0.2, 0.25) is 0 Å². The average molecular weight is 345 g/mol. The van der Waals surface area contributed by atoms with Crippen LogP contribution in [-0.2, 0) is 19.1 Å². The van der Waals surface area contributed by atoms with Crippen LogP contribution in [0.25, 0.3) is 0 Å². The first kappa shape index (κ1) is 17.4. The molecular weight excluding hydrogens is 322 g/mol. The molecule has 7 heteroatoms. The SMILES string of the molecule is O=C1CO[C@H](C(=O)NCCC(=O)N2CCCC2)[C@@H](c2ccccc2)N1. The second kappa shape index (κ2) is 8.11. The zero-order chi connectivity index (χ0) is 17.6. The molecule has 134 valence electrons. The number of carbonyl (C=O) groups excluding carboxylic acids is 3. The highest BCUT2D eigenvalue weighted by Gasteiger charge is 2.35. The lowest BCUT2D eigenvalue weighted by Gasteiger charge is -2.31. The molecule has 3 rings (SSSR count). The molecule has 1 aromatic carbocycles. The Hall–Kier alpha value is -2.41. The normalized spacial score (nSPS) is 23.2. The lowest BCUT2D eigenvalue weighted by Crippen LogP contribution is -2.52. The van der Waals surface area contributed by atoms with Gasteiger partial charge in [0.2, 0.25) is 11.8 Å². The molecule has 2 atom stereocenters. The van der Waals surface area contributed by atoms with Crippen LogP contribution in [-0.4, -0.2) is 55.0 Å². The number of hydrogen-bond donors (Lipinski definition) is 2. The highest BCUT2D eigenvalue weighted by atomic mass is 16.5. The highest BCUT2D eigenvalue weighted by Crippen LogP contribution is 2.22. The fourth-order valence-corrected chi connectivity index (χ4v) is 3.22. The fourth-order valence-electron chi connectivity index (χ4n) is 3.22. The summed E-state index contributed by atoms with van der Waals surface area (Å²) in [5, 5.41) is 5.57. The van der Waals surface area contributed by atoms with Crippen molar-refractivity contribution in [2.75, 3.05) is 26.2 Å². The lowest BCUT2D eigenvalue weighted by atomic mass is 9.99. The summed E-state index contributed by atoms with van der Waals surface area (Å²) in [4.78, 5) is 38.0. The first-order valence-corrected chi connectivity index (χ1v) is 8.66. The van der Waals surface area contributed by atoms with Crippen LogP contribution in [0.1, 0.15) is 30.9 Å². The first-order chi connectivity index (χ1) is 12.1. The van der Waals surface area contributed by atoms with Crippen molar-refractivity contribution in [2.24, 2.45) is 0 Å². The van der Waals surface area contributed by atoms with Crippen LogP contribution in [0.4, 0.5) is 0 Å². The molecule has 2 saturated heterocycles. The van der Waals surface area contributed by atoms with Crippen LogP contribution in [0, 0.1) is 0 Å². The van der Waals surface area contributed by atoms with Gasteiger partial charge in [0, 0.05) is 26.1 Å². The molecule has 2 N–H and O–H groups in total. The minimum absolute atomic E-state index is 0.0651. The third-order valence-corrected chi connectivity index (χ3v) is 4.53. The van der Waals surface area contributed by atoms with Crippen LogP contribution in [0.5, 0.6) is 0 Å². The van der Waals surface area contributed by atoms with Gasteiger partial charge in [0.1, 0.15) is 6.61 Å². The molecule has 0 aromatic heterocycles. The number of rotatable bonds is 5. The van der Waals surface area contributed by atoms with Gasteiger partial charge in [0.25, 0.3) is 5.91 Å². The summed E-state index contributed by atoms with van der Waals surface area (Å²) in [5.41, 5.74) is 0.809. The Labute approximate surface area is 146 Å². The summed E-state index contributed by atoms with van der Waals surface area (Å²) in [5.74, 6) is -0.500. The third-order valence-electron chi connectivity index (χ3n) is 4.53. The summed E-state index contributed by atoms with van der Waals surface area (Å²) in [6, 6.07) is 8.72. The molecule has 25 heavy (non-hydrogen) atoms. The molecule has 1 aromatic rings. The largest absolute Gasteiger partial charge is 0.356 e. The molecule has 0 aliphatic carbocycles. The molecule has 0 bridgehead atoms. The van der Waals surface area contributed by atoms with E-state index in [1.54, 1.807) is 0 Å². The molecule has 3 amide bonds. The Bertz CT molecular complexity index is 628. The van der Waals surface area contributed by atoms with Crippen LogP contribution in [0.15, 0.2) is 30.3 Å². The number of carbonyl (C=O) groups is 3. The predicted octanol–water partition coefficient (Wildman–Crippen LogP) is 0.371. The van der Waals surface area contributed by atoms with Gasteiger partial charge in [-0.1, -0.05) is 30.3 Å². The zero-order valence-electron chi connectivity index (χ0n) is 14.1. The Morgan fingerprint density at radius 3 is 2.64 bits per heavy atom. The van der Waals surface area contributed by atoms with E-state index in [9.17, 15) is 14.4 Å². The molecule has 7 nitrogen and oxygen atoms in total. The van der Waals surface area contributed by atoms with E-state index in [2.05, 4.69) is 10.6 Å². The van der Waals surface area contributed by atoms with E-state index in [1.807, 2.05) is 35.2 Å². The molecular formula is C18H23N3O4. The van der Waals surface area contributed by atoms with Crippen molar-refractivity contribution < 1.29 is 19.1 Å². The number of ether oxygens (including phenoxy) is 1. The maximum absolute atomic E-state index is 12.5. The summed E-state index contributed by atoms with van der Waals surface area (Å²) >= 11 is 0. The van der Waals surface area contributed by atoms with Crippen LogP contribution >= 0.6 is 0 Å². The summed E-state index contributed by atoms with van der Waals surface area (Å²) in [7, 11) is 0. The molecule has 2 aliphatic rings. The van der Waals surface area contributed by atoms with Crippen LogP contribution < -0.4 is 10.6 Å². The lowest BCUT2D eigenvalue weighted by molar-refractivity contribution is -0.148. The molecule has 0 saturated carbocycles. The topological polar surface area (TPSA) is 87.7 Å². The van der Waals surface area contributed by atoms with Crippen molar-refractivity contribution in [3.63, 3.8) is 0 Å². The Morgan fingerprint density at radius 1 is 1.20 bits per heavy atom. The Balaban J connectivity index is 1.55. The van der Waals surface area contributed by atoms with Crippen molar-refractivity contribution >= 4 is 17.7 Å². The van der Waals surface area contributed by atoms with Gasteiger partial charge in [-0.05, 0) is 18.4 Å². The van der Waals surface area contributed by atoms with Gasteiger partial charge in [-0.3, -0.25) is 14.4 Å². The average Bonchev–Trinajstić information content (AvgIpc) is 3.17. The maximum Gasteiger partial charge on any atom is 0.251 e. The molecule has 2 fully saturated rings. The molecule has 0 radical (unpaired) electrons. The standard InChI is InChI=1S/C18H23N3O4/c22-14-12-25-17(16(20-14)13-6-2-1-3-7-13)18(24)19-9-8-15(23)21-10-4-5-11-21/h1-3,6-7,16-17H,4-5,8-12H2,(H,19,24)(H,20,22)/t16-,17+/m1/s1. The van der Waals surface area contributed by atoms with E-state index in [-0.39, 0.29) is 37.3 Å². The molecule has 2 aliphatic heterocycles. The van der Waals surface area contributed by atoms with Gasteiger partial charge in [0.15, 0.2) is 6.10 Å². The van der Waals surface area contributed by atoms with Gasteiger partial charge in [-0.15, -0.1) is 0 Å². The number of morpholine rings is 1. The number of amides is 3. The van der Waals surface area contributed by atoms with E-state index >= 15 is 0 Å². The number of nitrogens with one attached hydrogen (secondary N) is 2. The number of benzene rings is 1. The number of likely N-dealkylation sites (tertiary alicyclic amines) is 1. The Morgan fingerprint density at radius 2 is 1.92 bits per heavy atom. The van der Waals surface area contributed by atoms with E-state index in [1.165, 1.54) is 0 Å². The van der Waals surface area contributed by atoms with Crippen LogP contribution in [0.3, 0.4) is 0 Å². The van der Waals surface area contributed by atoms with Crippen molar-refractivity contribution in [3.05, 3.63) is 35.9 Å². The van der Waals surface area contributed by atoms with E-state index < -0.39 is 12.1 Å². The molecule has 0 spiro atoms. The maximum atomic E-state index is 12.5. The fraction of sp³-hybridized carbons (Fsp3) is 0.500. The second-order valence-electron chi connectivity index (χ2n) is 6.32. The van der Waals surface area contributed by atoms with E-state index in [0.29, 0.717) is 0 Å². The minimum atomic E-state index is -0.804. The van der Waals surface area contributed by atoms with Crippen molar-refractivity contribution in [3.8, 4) is 0 Å². The summed E-state index contributed by atoms with van der Waals surface area (Å²) < 4.78 is 5.46. The zero-order valence-corrected chi connectivity index (χ0v) is 14.1. The van der Waals surface area contributed by atoms with Gasteiger partial charge < -0.3 is 20.3 Å². The van der Waals surface area contributed by atoms with Crippen molar-refractivity contribution in [1.29, 1.82) is 0 Å². The summed E-state index contributed by atoms with van der Waals surface area (Å²) in [6.07, 6.45) is 1.57.